The molecule has 0 aliphatic carbocycles. The second kappa shape index (κ2) is 3.88. The summed E-state index contributed by atoms with van der Waals surface area (Å²) >= 11 is 0. The third kappa shape index (κ3) is 1.99. The number of carbonyl (C=O) groups excluding carboxylic acids is 1. The molecule has 0 saturated heterocycles. The van der Waals surface area contributed by atoms with Crippen LogP contribution in [0.3, 0.4) is 0 Å². The smallest absolute Gasteiger partial charge is 0.261 e. The van der Waals surface area contributed by atoms with Crippen molar-refractivity contribution in [1.29, 1.82) is 0 Å². The molecule has 4 heteroatoms. The number of phenolic OH excluding ortho intramolecular Hbond substituents is 1. The maximum absolute atomic E-state index is 11.6. The van der Waals surface area contributed by atoms with Crippen molar-refractivity contribution in [2.45, 2.75) is 0 Å². The molecule has 1 aromatic heterocycles. The molecule has 0 aliphatic heterocycles. The first-order chi connectivity index (χ1) is 7.27. The molecule has 0 unspecified atom stereocenters. The number of para-hydroxylation sites is 1. The van der Waals surface area contributed by atoms with Crippen molar-refractivity contribution in [2.24, 2.45) is 0 Å². The molecule has 76 valence electrons. The quantitative estimate of drug-likeness (QED) is 0.786. The molecule has 1 heterocycles. The van der Waals surface area contributed by atoms with Crippen molar-refractivity contribution in [3.63, 3.8) is 0 Å². The highest BCUT2D eigenvalue weighted by atomic mass is 16.3. The number of amides is 1. The lowest BCUT2D eigenvalue weighted by atomic mass is 10.2. The number of aromatic hydroxyl groups is 1. The van der Waals surface area contributed by atoms with Crippen LogP contribution in [0.2, 0.25) is 0 Å². The van der Waals surface area contributed by atoms with Crippen LogP contribution in [-0.4, -0.2) is 11.0 Å². The van der Waals surface area contributed by atoms with Gasteiger partial charge in [0.1, 0.15) is 5.75 Å². The van der Waals surface area contributed by atoms with Crippen LogP contribution in [-0.2, 0) is 0 Å². The van der Waals surface area contributed by atoms with Gasteiger partial charge in [-0.1, -0.05) is 12.1 Å². The summed E-state index contributed by atoms with van der Waals surface area (Å²) < 4.78 is 4.95. The number of rotatable bonds is 2. The molecule has 2 rings (SSSR count). The van der Waals surface area contributed by atoms with Gasteiger partial charge in [-0.15, -0.1) is 0 Å². The minimum absolute atomic E-state index is 0.0541. The number of phenols is 1. The lowest BCUT2D eigenvalue weighted by Crippen LogP contribution is -2.11. The van der Waals surface area contributed by atoms with Crippen LogP contribution in [0.5, 0.6) is 5.75 Å². The first kappa shape index (κ1) is 9.33. The topological polar surface area (TPSA) is 62.5 Å². The highest BCUT2D eigenvalue weighted by molar-refractivity contribution is 6.05. The number of hydrogen-bond acceptors (Lipinski definition) is 3. The Hall–Kier alpha value is -2.23. The Morgan fingerprint density at radius 3 is 2.67 bits per heavy atom. The average molecular weight is 203 g/mol. The van der Waals surface area contributed by atoms with E-state index in [9.17, 15) is 9.90 Å². The normalized spacial score (nSPS) is 9.87. The maximum Gasteiger partial charge on any atom is 0.261 e. The van der Waals surface area contributed by atoms with Gasteiger partial charge in [0.2, 0.25) is 0 Å². The Bertz CT molecular complexity index is 462. The Kier molecular flexibility index (Phi) is 2.41. The van der Waals surface area contributed by atoms with E-state index in [1.807, 2.05) is 0 Å². The van der Waals surface area contributed by atoms with E-state index in [1.165, 1.54) is 18.4 Å². The maximum atomic E-state index is 11.6. The Morgan fingerprint density at radius 1 is 1.20 bits per heavy atom. The van der Waals surface area contributed by atoms with E-state index in [0.717, 1.165) is 0 Å². The molecule has 0 atom stereocenters. The number of benzene rings is 1. The van der Waals surface area contributed by atoms with Crippen molar-refractivity contribution in [3.05, 3.63) is 48.2 Å². The number of hydrogen-bond donors (Lipinski definition) is 2. The fourth-order valence-corrected chi connectivity index (χ4v) is 1.19. The molecule has 4 nitrogen and oxygen atoms in total. The molecule has 1 amide bonds. The molecule has 0 bridgehead atoms. The fourth-order valence-electron chi connectivity index (χ4n) is 1.19. The monoisotopic (exact) mass is 203 g/mol. The SMILES string of the molecule is O=C(Nc1ccco1)c1ccccc1O. The minimum Gasteiger partial charge on any atom is -0.507 e. The molecule has 0 aliphatic rings. The van der Waals surface area contributed by atoms with Crippen molar-refractivity contribution in [3.8, 4) is 5.75 Å². The Morgan fingerprint density at radius 2 is 2.00 bits per heavy atom. The van der Waals surface area contributed by atoms with E-state index in [-0.39, 0.29) is 11.3 Å². The summed E-state index contributed by atoms with van der Waals surface area (Å²) in [4.78, 5) is 11.6. The van der Waals surface area contributed by atoms with Gasteiger partial charge in [-0.25, -0.2) is 0 Å². The van der Waals surface area contributed by atoms with E-state index in [4.69, 9.17) is 4.42 Å². The highest BCUT2D eigenvalue weighted by Crippen LogP contribution is 2.17. The lowest BCUT2D eigenvalue weighted by Gasteiger charge is -2.03. The lowest BCUT2D eigenvalue weighted by molar-refractivity contribution is 0.102. The van der Waals surface area contributed by atoms with E-state index in [0.29, 0.717) is 5.88 Å². The summed E-state index contributed by atoms with van der Waals surface area (Å²) in [7, 11) is 0. The summed E-state index contributed by atoms with van der Waals surface area (Å²) in [6.45, 7) is 0. The van der Waals surface area contributed by atoms with E-state index in [2.05, 4.69) is 5.32 Å². The number of carbonyl (C=O) groups is 1. The van der Waals surface area contributed by atoms with Gasteiger partial charge in [-0.05, 0) is 18.2 Å². The van der Waals surface area contributed by atoms with Crippen LogP contribution >= 0.6 is 0 Å². The summed E-state index contributed by atoms with van der Waals surface area (Å²) in [5, 5.41) is 11.9. The average Bonchev–Trinajstić information content (AvgIpc) is 2.71. The van der Waals surface area contributed by atoms with Crippen LogP contribution in [0.1, 0.15) is 10.4 Å². The van der Waals surface area contributed by atoms with Gasteiger partial charge in [0.25, 0.3) is 5.91 Å². The van der Waals surface area contributed by atoms with Crippen LogP contribution in [0.4, 0.5) is 5.88 Å². The zero-order chi connectivity index (χ0) is 10.7. The molecular formula is C11H9NO3. The Labute approximate surface area is 86.2 Å². The Balaban J connectivity index is 2.19. The van der Waals surface area contributed by atoms with Gasteiger partial charge in [-0.2, -0.15) is 0 Å². The first-order valence-corrected chi connectivity index (χ1v) is 4.40. The van der Waals surface area contributed by atoms with Gasteiger partial charge in [0, 0.05) is 6.07 Å². The standard InChI is InChI=1S/C11H9NO3/c13-9-5-2-1-4-8(9)11(14)12-10-6-3-7-15-10/h1-7,13H,(H,12,14). The fraction of sp³-hybridized carbons (Fsp3) is 0. The second-order valence-corrected chi connectivity index (χ2v) is 2.95. The third-order valence-corrected chi connectivity index (χ3v) is 1.91. The van der Waals surface area contributed by atoms with Crippen LogP contribution in [0.15, 0.2) is 47.1 Å². The molecule has 0 spiro atoms. The van der Waals surface area contributed by atoms with Crippen molar-refractivity contribution in [2.75, 3.05) is 5.32 Å². The molecule has 2 aromatic rings. The third-order valence-electron chi connectivity index (χ3n) is 1.91. The van der Waals surface area contributed by atoms with Crippen LogP contribution in [0, 0.1) is 0 Å². The van der Waals surface area contributed by atoms with Crippen molar-refractivity contribution < 1.29 is 14.3 Å². The highest BCUT2D eigenvalue weighted by Gasteiger charge is 2.10. The molecule has 2 N–H and O–H groups in total. The molecule has 15 heavy (non-hydrogen) atoms. The van der Waals surface area contributed by atoms with Gasteiger partial charge < -0.3 is 9.52 Å². The summed E-state index contributed by atoms with van der Waals surface area (Å²) in [6, 6.07) is 9.61. The predicted octanol–water partition coefficient (Wildman–Crippen LogP) is 2.24. The number of furan rings is 1. The number of nitrogens with one attached hydrogen (secondary N) is 1. The van der Waals surface area contributed by atoms with Crippen molar-refractivity contribution in [1.82, 2.24) is 0 Å². The minimum atomic E-state index is -0.400. The zero-order valence-corrected chi connectivity index (χ0v) is 7.81. The van der Waals surface area contributed by atoms with Crippen LogP contribution in [0.25, 0.3) is 0 Å². The zero-order valence-electron chi connectivity index (χ0n) is 7.81. The number of anilines is 1. The van der Waals surface area contributed by atoms with Gasteiger partial charge in [0.05, 0.1) is 11.8 Å². The second-order valence-electron chi connectivity index (χ2n) is 2.95. The molecule has 0 saturated carbocycles. The van der Waals surface area contributed by atoms with E-state index < -0.39 is 5.91 Å². The van der Waals surface area contributed by atoms with Gasteiger partial charge in [-0.3, -0.25) is 10.1 Å². The molecule has 1 aromatic carbocycles. The molecule has 0 radical (unpaired) electrons. The van der Waals surface area contributed by atoms with Gasteiger partial charge in [0.15, 0.2) is 5.88 Å². The van der Waals surface area contributed by atoms with Crippen LogP contribution < -0.4 is 5.32 Å². The molecular weight excluding hydrogens is 194 g/mol. The summed E-state index contributed by atoms with van der Waals surface area (Å²) in [6.07, 6.45) is 1.46. The van der Waals surface area contributed by atoms with E-state index in [1.54, 1.807) is 24.3 Å². The predicted molar refractivity (Wildman–Crippen MR) is 54.8 cm³/mol. The summed E-state index contributed by atoms with van der Waals surface area (Å²) in [5.74, 6) is -0.104. The van der Waals surface area contributed by atoms with Crippen molar-refractivity contribution >= 4 is 11.8 Å². The largest absolute Gasteiger partial charge is 0.507 e. The van der Waals surface area contributed by atoms with Gasteiger partial charge >= 0.3 is 0 Å². The molecule has 0 fully saturated rings. The van der Waals surface area contributed by atoms with E-state index >= 15 is 0 Å². The summed E-state index contributed by atoms with van der Waals surface area (Å²) in [5.41, 5.74) is 0.217. The first-order valence-electron chi connectivity index (χ1n) is 4.40.